The molecule has 18 heavy (non-hydrogen) atoms. The van der Waals surface area contributed by atoms with Gasteiger partial charge in [-0.05, 0) is 30.5 Å². The summed E-state index contributed by atoms with van der Waals surface area (Å²) in [7, 11) is -1.69. The van der Waals surface area contributed by atoms with Crippen LogP contribution in [-0.2, 0) is 16.6 Å². The van der Waals surface area contributed by atoms with Gasteiger partial charge in [0.2, 0.25) is 0 Å². The van der Waals surface area contributed by atoms with Crippen LogP contribution >= 0.6 is 0 Å². The number of hydrogen-bond donors (Lipinski definition) is 1. The van der Waals surface area contributed by atoms with E-state index in [1.807, 2.05) is 18.2 Å². The average molecular weight is 267 g/mol. The minimum absolute atomic E-state index is 0.525. The second-order valence-electron chi connectivity index (χ2n) is 4.77. The van der Waals surface area contributed by atoms with E-state index >= 15 is 0 Å². The van der Waals surface area contributed by atoms with Gasteiger partial charge >= 0.3 is 10.2 Å². The van der Waals surface area contributed by atoms with Crippen molar-refractivity contribution in [1.82, 2.24) is 4.31 Å². The molecular weight excluding hydrogens is 250 g/mol. The van der Waals surface area contributed by atoms with E-state index in [2.05, 4.69) is 5.32 Å². The Bertz CT molecular complexity index is 571. The Morgan fingerprint density at radius 1 is 1.28 bits per heavy atom. The van der Waals surface area contributed by atoms with Gasteiger partial charge in [-0.25, -0.2) is 0 Å². The largest absolute Gasteiger partial charge is 0.385 e. The lowest BCUT2D eigenvalue weighted by atomic mass is 10.0. The summed E-state index contributed by atoms with van der Waals surface area (Å²) >= 11 is 0. The fraction of sp³-hybridized carbons (Fsp3) is 0.500. The summed E-state index contributed by atoms with van der Waals surface area (Å²) in [6.45, 7) is 2.04. The number of nitrogens with one attached hydrogen (secondary N) is 1. The van der Waals surface area contributed by atoms with Crippen LogP contribution in [0.4, 0.5) is 11.4 Å². The van der Waals surface area contributed by atoms with Gasteiger partial charge in [-0.3, -0.25) is 4.31 Å². The Hall–Kier alpha value is -1.27. The highest BCUT2D eigenvalue weighted by Gasteiger charge is 2.34. The third kappa shape index (κ3) is 1.76. The molecule has 0 saturated carbocycles. The number of aryl methyl sites for hydroxylation is 1. The first kappa shape index (κ1) is 11.8. The Morgan fingerprint density at radius 3 is 2.83 bits per heavy atom. The lowest BCUT2D eigenvalue weighted by Crippen LogP contribution is -2.30. The summed E-state index contributed by atoms with van der Waals surface area (Å²) in [5, 5.41) is 3.33. The standard InChI is InChI=1S/C12H17N3O2S/c1-14-7-8-15(18(14,16)17)11-5-4-10-3-2-6-13-12(10)9-11/h4-5,9,13H,2-3,6-8H2,1H3. The van der Waals surface area contributed by atoms with Crippen LogP contribution in [0.1, 0.15) is 12.0 Å². The van der Waals surface area contributed by atoms with E-state index in [0.717, 1.165) is 30.8 Å². The summed E-state index contributed by atoms with van der Waals surface area (Å²) < 4.78 is 27.1. The number of nitrogens with zero attached hydrogens (tertiary/aromatic N) is 2. The fourth-order valence-electron chi connectivity index (χ4n) is 2.50. The van der Waals surface area contributed by atoms with Gasteiger partial charge in [-0.2, -0.15) is 12.7 Å². The average Bonchev–Trinajstić information content (AvgIpc) is 2.64. The maximum atomic E-state index is 12.1. The van der Waals surface area contributed by atoms with Crippen molar-refractivity contribution in [1.29, 1.82) is 0 Å². The van der Waals surface area contributed by atoms with Crippen molar-refractivity contribution in [3.63, 3.8) is 0 Å². The van der Waals surface area contributed by atoms with Crippen LogP contribution in [0.2, 0.25) is 0 Å². The Kier molecular flexibility index (Phi) is 2.71. The molecule has 2 aliphatic heterocycles. The van der Waals surface area contributed by atoms with Crippen LogP contribution in [0, 0.1) is 0 Å². The summed E-state index contributed by atoms with van der Waals surface area (Å²) in [5.41, 5.74) is 3.10. The number of benzene rings is 1. The zero-order valence-electron chi connectivity index (χ0n) is 10.4. The molecule has 0 aromatic heterocycles. The zero-order chi connectivity index (χ0) is 12.8. The van der Waals surface area contributed by atoms with Crippen LogP contribution < -0.4 is 9.62 Å². The molecule has 98 valence electrons. The molecule has 1 N–H and O–H groups in total. The molecule has 0 unspecified atom stereocenters. The molecule has 0 radical (unpaired) electrons. The van der Waals surface area contributed by atoms with Crippen molar-refractivity contribution in [2.45, 2.75) is 12.8 Å². The van der Waals surface area contributed by atoms with Gasteiger partial charge in [-0.15, -0.1) is 0 Å². The van der Waals surface area contributed by atoms with Gasteiger partial charge < -0.3 is 5.32 Å². The first-order valence-corrected chi connectivity index (χ1v) is 7.59. The van der Waals surface area contributed by atoms with E-state index in [9.17, 15) is 8.42 Å². The topological polar surface area (TPSA) is 52.6 Å². The number of likely N-dealkylation sites (N-methyl/N-ethyl adjacent to an activating group) is 1. The quantitative estimate of drug-likeness (QED) is 0.827. The van der Waals surface area contributed by atoms with Crippen molar-refractivity contribution in [3.8, 4) is 0 Å². The maximum absolute atomic E-state index is 12.1. The second-order valence-corrected chi connectivity index (χ2v) is 6.73. The molecule has 2 aliphatic rings. The van der Waals surface area contributed by atoms with Gasteiger partial charge in [0.25, 0.3) is 0 Å². The summed E-state index contributed by atoms with van der Waals surface area (Å²) in [6, 6.07) is 5.89. The Labute approximate surface area is 108 Å². The number of anilines is 2. The lowest BCUT2D eigenvalue weighted by molar-refractivity contribution is 0.511. The second kappa shape index (κ2) is 4.13. The molecule has 2 heterocycles. The van der Waals surface area contributed by atoms with Gasteiger partial charge in [0.1, 0.15) is 0 Å². The van der Waals surface area contributed by atoms with Crippen LogP contribution in [0.3, 0.4) is 0 Å². The predicted octanol–water partition coefficient (Wildman–Crippen LogP) is 1.04. The highest BCUT2D eigenvalue weighted by Crippen LogP contribution is 2.30. The first-order chi connectivity index (χ1) is 8.59. The van der Waals surface area contributed by atoms with Crippen LogP contribution in [-0.4, -0.2) is 39.4 Å². The summed E-state index contributed by atoms with van der Waals surface area (Å²) in [5.74, 6) is 0. The predicted molar refractivity (Wildman–Crippen MR) is 72.1 cm³/mol. The van der Waals surface area contributed by atoms with E-state index in [4.69, 9.17) is 0 Å². The summed E-state index contributed by atoms with van der Waals surface area (Å²) in [6.07, 6.45) is 2.20. The molecular formula is C12H17N3O2S. The first-order valence-electron chi connectivity index (χ1n) is 6.20. The zero-order valence-corrected chi connectivity index (χ0v) is 11.2. The number of fused-ring (bicyclic) bond motifs is 1. The highest BCUT2D eigenvalue weighted by molar-refractivity contribution is 7.90. The van der Waals surface area contributed by atoms with Crippen molar-refractivity contribution in [2.75, 3.05) is 36.3 Å². The number of rotatable bonds is 1. The molecule has 0 amide bonds. The molecule has 0 aliphatic carbocycles. The fourth-order valence-corrected chi connectivity index (χ4v) is 3.84. The van der Waals surface area contributed by atoms with Gasteiger partial charge in [-0.1, -0.05) is 6.07 Å². The van der Waals surface area contributed by atoms with Gasteiger partial charge in [0.05, 0.1) is 5.69 Å². The number of hydrogen-bond acceptors (Lipinski definition) is 3. The van der Waals surface area contributed by atoms with Crippen LogP contribution in [0.15, 0.2) is 18.2 Å². The van der Waals surface area contributed by atoms with Crippen molar-refractivity contribution in [3.05, 3.63) is 23.8 Å². The van der Waals surface area contributed by atoms with E-state index in [1.54, 1.807) is 7.05 Å². The smallest absolute Gasteiger partial charge is 0.303 e. The van der Waals surface area contributed by atoms with E-state index in [-0.39, 0.29) is 0 Å². The molecule has 5 nitrogen and oxygen atoms in total. The monoisotopic (exact) mass is 267 g/mol. The SMILES string of the molecule is CN1CCN(c2ccc3c(c2)NCCC3)S1(=O)=O. The molecule has 3 rings (SSSR count). The van der Waals surface area contributed by atoms with E-state index in [1.165, 1.54) is 14.2 Å². The van der Waals surface area contributed by atoms with Crippen molar-refractivity contribution in [2.24, 2.45) is 0 Å². The van der Waals surface area contributed by atoms with Crippen LogP contribution in [0.5, 0.6) is 0 Å². The molecule has 6 heteroatoms. The van der Waals surface area contributed by atoms with E-state index < -0.39 is 10.2 Å². The third-order valence-corrected chi connectivity index (χ3v) is 5.53. The molecule has 1 saturated heterocycles. The third-order valence-electron chi connectivity index (χ3n) is 3.61. The molecule has 1 fully saturated rings. The molecule has 1 aromatic rings. The van der Waals surface area contributed by atoms with Crippen LogP contribution in [0.25, 0.3) is 0 Å². The molecule has 1 aromatic carbocycles. The molecule has 0 atom stereocenters. The minimum atomic E-state index is -3.31. The Balaban J connectivity index is 1.98. The Morgan fingerprint density at radius 2 is 2.11 bits per heavy atom. The van der Waals surface area contributed by atoms with Crippen molar-refractivity contribution >= 4 is 21.6 Å². The van der Waals surface area contributed by atoms with Crippen molar-refractivity contribution < 1.29 is 8.42 Å². The normalized spacial score (nSPS) is 22.6. The lowest BCUT2D eigenvalue weighted by Gasteiger charge is -2.22. The molecule has 0 bridgehead atoms. The van der Waals surface area contributed by atoms with E-state index in [0.29, 0.717) is 13.1 Å². The molecule has 0 spiro atoms. The summed E-state index contributed by atoms with van der Waals surface area (Å²) in [4.78, 5) is 0. The maximum Gasteiger partial charge on any atom is 0.303 e. The minimum Gasteiger partial charge on any atom is -0.385 e. The van der Waals surface area contributed by atoms with Gasteiger partial charge in [0, 0.05) is 32.4 Å². The van der Waals surface area contributed by atoms with Gasteiger partial charge in [0.15, 0.2) is 0 Å². The highest BCUT2D eigenvalue weighted by atomic mass is 32.2.